The number of hydrogen-bond donors (Lipinski definition) is 1. The molecule has 0 aliphatic carbocycles. The van der Waals surface area contributed by atoms with Crippen LogP contribution in [0.4, 0.5) is 0 Å². The summed E-state index contributed by atoms with van der Waals surface area (Å²) in [5.74, 6) is 0. The molecule has 0 rings (SSSR count). The van der Waals surface area contributed by atoms with E-state index in [-0.39, 0.29) is 12.2 Å². The predicted molar refractivity (Wildman–Crippen MR) is 55.8 cm³/mol. The summed E-state index contributed by atoms with van der Waals surface area (Å²) in [4.78, 5) is 0. The van der Waals surface area contributed by atoms with E-state index in [1.165, 1.54) is 0 Å². The predicted octanol–water partition coefficient (Wildman–Crippen LogP) is 2.52. The highest BCUT2D eigenvalue weighted by Gasteiger charge is 2.13. The van der Waals surface area contributed by atoms with E-state index in [4.69, 9.17) is 4.74 Å². The number of ether oxygens (including phenoxy) is 1. The van der Waals surface area contributed by atoms with Gasteiger partial charge in [-0.1, -0.05) is 18.9 Å². The molecule has 78 valence electrons. The van der Waals surface area contributed by atoms with Gasteiger partial charge in [0.1, 0.15) is 0 Å². The molecule has 0 aromatic rings. The van der Waals surface area contributed by atoms with Crippen molar-refractivity contribution in [3.63, 3.8) is 0 Å². The molecule has 0 aliphatic heterocycles. The molecule has 0 saturated heterocycles. The van der Waals surface area contributed by atoms with Crippen molar-refractivity contribution in [2.24, 2.45) is 0 Å². The lowest BCUT2D eigenvalue weighted by atomic mass is 10.0. The maximum absolute atomic E-state index is 9.55. The normalized spacial score (nSPS) is 15.4. The molecule has 0 aromatic carbocycles. The first-order chi connectivity index (χ1) is 6.10. The van der Waals surface area contributed by atoms with Gasteiger partial charge in [-0.3, -0.25) is 0 Å². The molecule has 0 spiro atoms. The van der Waals surface area contributed by atoms with Gasteiger partial charge >= 0.3 is 0 Å². The molecule has 0 radical (unpaired) electrons. The van der Waals surface area contributed by atoms with Crippen molar-refractivity contribution in [1.82, 2.24) is 0 Å². The highest BCUT2D eigenvalue weighted by Crippen LogP contribution is 2.13. The van der Waals surface area contributed by atoms with Crippen LogP contribution >= 0.6 is 0 Å². The van der Waals surface area contributed by atoms with Crippen LogP contribution in [0.25, 0.3) is 0 Å². The van der Waals surface area contributed by atoms with Gasteiger partial charge in [-0.15, -0.1) is 6.58 Å². The second-order valence-electron chi connectivity index (χ2n) is 3.70. The smallest absolute Gasteiger partial charge is 0.0632 e. The average molecular weight is 186 g/mol. The zero-order chi connectivity index (χ0) is 10.3. The van der Waals surface area contributed by atoms with E-state index >= 15 is 0 Å². The first-order valence-corrected chi connectivity index (χ1v) is 4.95. The van der Waals surface area contributed by atoms with Crippen molar-refractivity contribution in [2.45, 2.75) is 51.7 Å². The zero-order valence-electron chi connectivity index (χ0n) is 9.05. The molecular formula is C11H22O2. The molecule has 2 heteroatoms. The highest BCUT2D eigenvalue weighted by atomic mass is 16.5. The summed E-state index contributed by atoms with van der Waals surface area (Å²) in [6.07, 6.45) is 3.34. The summed E-state index contributed by atoms with van der Waals surface area (Å²) in [7, 11) is 1.69. The number of methoxy groups -OCH3 is 1. The molecule has 0 unspecified atom stereocenters. The average Bonchev–Trinajstić information content (AvgIpc) is 2.02. The van der Waals surface area contributed by atoms with Crippen LogP contribution in [0.2, 0.25) is 0 Å². The van der Waals surface area contributed by atoms with Crippen molar-refractivity contribution in [2.75, 3.05) is 7.11 Å². The van der Waals surface area contributed by atoms with Crippen LogP contribution in [0.15, 0.2) is 12.2 Å². The van der Waals surface area contributed by atoms with Crippen molar-refractivity contribution in [1.29, 1.82) is 0 Å². The Morgan fingerprint density at radius 3 is 2.54 bits per heavy atom. The minimum absolute atomic E-state index is 0.124. The monoisotopic (exact) mass is 186 g/mol. The van der Waals surface area contributed by atoms with E-state index in [1.54, 1.807) is 7.11 Å². The van der Waals surface area contributed by atoms with Crippen LogP contribution in [0.5, 0.6) is 0 Å². The fourth-order valence-electron chi connectivity index (χ4n) is 1.41. The van der Waals surface area contributed by atoms with E-state index in [2.05, 4.69) is 13.5 Å². The molecule has 1 N–H and O–H groups in total. The summed E-state index contributed by atoms with van der Waals surface area (Å²) in [5.41, 5.74) is 1.11. The van der Waals surface area contributed by atoms with Crippen LogP contribution in [0, 0.1) is 0 Å². The van der Waals surface area contributed by atoms with E-state index in [0.29, 0.717) is 0 Å². The van der Waals surface area contributed by atoms with Crippen LogP contribution in [0.3, 0.4) is 0 Å². The lowest BCUT2D eigenvalue weighted by molar-refractivity contribution is 0.0424. The Hall–Kier alpha value is -0.340. The fraction of sp³-hybridized carbons (Fsp3) is 0.818. The molecule has 2 atom stereocenters. The van der Waals surface area contributed by atoms with Crippen LogP contribution in [0.1, 0.15) is 39.5 Å². The second-order valence-corrected chi connectivity index (χ2v) is 3.70. The van der Waals surface area contributed by atoms with Crippen molar-refractivity contribution in [3.8, 4) is 0 Å². The summed E-state index contributed by atoms with van der Waals surface area (Å²) in [6.45, 7) is 7.89. The molecule has 0 aliphatic rings. The third-order valence-electron chi connectivity index (χ3n) is 2.07. The minimum atomic E-state index is -0.228. The maximum atomic E-state index is 9.55. The Bertz CT molecular complexity index is 143. The number of rotatable bonds is 7. The fourth-order valence-corrected chi connectivity index (χ4v) is 1.41. The van der Waals surface area contributed by atoms with Crippen molar-refractivity contribution in [3.05, 3.63) is 12.2 Å². The molecule has 0 bridgehead atoms. The lowest BCUT2D eigenvalue weighted by Crippen LogP contribution is -2.19. The maximum Gasteiger partial charge on any atom is 0.0632 e. The summed E-state index contributed by atoms with van der Waals surface area (Å²) < 4.78 is 5.26. The van der Waals surface area contributed by atoms with Gasteiger partial charge in [-0.2, -0.15) is 0 Å². The standard InChI is InChI=1S/C11H22O2/c1-5-6-10(12)8-11(13-4)7-9(2)3/h10-12H,2,5-8H2,1,3-4H3/t10-,11-/m0/s1. The second kappa shape index (κ2) is 7.10. The Labute approximate surface area is 81.6 Å². The lowest BCUT2D eigenvalue weighted by Gasteiger charge is -2.18. The molecular weight excluding hydrogens is 164 g/mol. The molecule has 13 heavy (non-hydrogen) atoms. The highest BCUT2D eigenvalue weighted by molar-refractivity contribution is 4.91. The topological polar surface area (TPSA) is 29.5 Å². The molecule has 0 amide bonds. The van der Waals surface area contributed by atoms with Crippen molar-refractivity contribution >= 4 is 0 Å². The number of aliphatic hydroxyl groups excluding tert-OH is 1. The molecule has 0 saturated carbocycles. The third-order valence-corrected chi connectivity index (χ3v) is 2.07. The summed E-state index contributed by atoms with van der Waals surface area (Å²) in [6, 6.07) is 0. The van der Waals surface area contributed by atoms with Gasteiger partial charge in [-0.25, -0.2) is 0 Å². The number of hydrogen-bond acceptors (Lipinski definition) is 2. The quantitative estimate of drug-likeness (QED) is 0.619. The third kappa shape index (κ3) is 6.79. The number of aliphatic hydroxyl groups is 1. The van der Waals surface area contributed by atoms with Gasteiger partial charge in [0.2, 0.25) is 0 Å². The van der Waals surface area contributed by atoms with E-state index in [1.807, 2.05) is 6.92 Å². The molecule has 0 heterocycles. The van der Waals surface area contributed by atoms with Crippen LogP contribution in [-0.2, 0) is 4.74 Å². The van der Waals surface area contributed by atoms with E-state index < -0.39 is 0 Å². The van der Waals surface area contributed by atoms with Gasteiger partial charge in [0.05, 0.1) is 12.2 Å². The van der Waals surface area contributed by atoms with E-state index in [0.717, 1.165) is 31.3 Å². The largest absolute Gasteiger partial charge is 0.393 e. The van der Waals surface area contributed by atoms with Crippen molar-refractivity contribution < 1.29 is 9.84 Å². The SMILES string of the molecule is C=C(C)C[C@@H](C[C@@H](O)CCC)OC. The first kappa shape index (κ1) is 12.7. The first-order valence-electron chi connectivity index (χ1n) is 4.95. The van der Waals surface area contributed by atoms with Crippen LogP contribution in [-0.4, -0.2) is 24.4 Å². The van der Waals surface area contributed by atoms with Gasteiger partial charge in [0, 0.05) is 7.11 Å². The van der Waals surface area contributed by atoms with Gasteiger partial charge in [-0.05, 0) is 26.2 Å². The Kier molecular flexibility index (Phi) is 6.92. The van der Waals surface area contributed by atoms with E-state index in [9.17, 15) is 5.11 Å². The summed E-state index contributed by atoms with van der Waals surface area (Å²) in [5, 5.41) is 9.55. The Balaban J connectivity index is 3.75. The molecule has 0 fully saturated rings. The molecule has 0 aromatic heterocycles. The zero-order valence-corrected chi connectivity index (χ0v) is 9.05. The van der Waals surface area contributed by atoms with Crippen LogP contribution < -0.4 is 0 Å². The van der Waals surface area contributed by atoms with Gasteiger partial charge in [0.15, 0.2) is 0 Å². The van der Waals surface area contributed by atoms with Gasteiger partial charge in [0.25, 0.3) is 0 Å². The Morgan fingerprint density at radius 1 is 1.54 bits per heavy atom. The minimum Gasteiger partial charge on any atom is -0.393 e. The summed E-state index contributed by atoms with van der Waals surface area (Å²) >= 11 is 0. The Morgan fingerprint density at radius 2 is 2.15 bits per heavy atom. The van der Waals surface area contributed by atoms with Gasteiger partial charge < -0.3 is 9.84 Å². The molecule has 2 nitrogen and oxygen atoms in total.